The van der Waals surface area contributed by atoms with Crippen LogP contribution in [0.1, 0.15) is 23.7 Å². The van der Waals surface area contributed by atoms with Crippen molar-refractivity contribution in [3.05, 3.63) is 80.2 Å². The molecule has 1 aromatic heterocycles. The zero-order valence-corrected chi connectivity index (χ0v) is 17.2. The first kappa shape index (κ1) is 19.7. The lowest BCUT2D eigenvalue weighted by Gasteiger charge is -2.16. The van der Waals surface area contributed by atoms with Crippen molar-refractivity contribution in [2.45, 2.75) is 20.5 Å². The van der Waals surface area contributed by atoms with E-state index in [-0.39, 0.29) is 5.56 Å². The van der Waals surface area contributed by atoms with E-state index in [0.29, 0.717) is 46.0 Å². The largest absolute Gasteiger partial charge is 0.490 e. The lowest BCUT2D eigenvalue weighted by atomic mass is 10.0. The predicted octanol–water partition coefficient (Wildman–Crippen LogP) is 4.96. The Morgan fingerprint density at radius 3 is 2.57 bits per heavy atom. The number of aromatic amines is 1. The van der Waals surface area contributed by atoms with Crippen molar-refractivity contribution in [3.63, 3.8) is 0 Å². The van der Waals surface area contributed by atoms with Gasteiger partial charge in [0.15, 0.2) is 11.5 Å². The molecule has 0 aliphatic rings. The summed E-state index contributed by atoms with van der Waals surface area (Å²) in [7, 11) is 0. The number of rotatable bonds is 6. The first-order chi connectivity index (χ1) is 13.5. The van der Waals surface area contributed by atoms with Gasteiger partial charge in [-0.1, -0.05) is 30.3 Å². The summed E-state index contributed by atoms with van der Waals surface area (Å²) in [6.45, 7) is 4.52. The number of aromatic nitrogens is 1. The molecular formula is C22H19BrN2O3. The summed E-state index contributed by atoms with van der Waals surface area (Å²) < 4.78 is 12.5. The minimum atomic E-state index is -0.406. The number of nitrogens with one attached hydrogen (secondary N) is 1. The van der Waals surface area contributed by atoms with Crippen LogP contribution in [0.5, 0.6) is 11.5 Å². The number of aryl methyl sites for hydroxylation is 1. The topological polar surface area (TPSA) is 75.1 Å². The molecule has 1 N–H and O–H groups in total. The van der Waals surface area contributed by atoms with E-state index in [4.69, 9.17) is 9.47 Å². The maximum absolute atomic E-state index is 12.1. The van der Waals surface area contributed by atoms with Crippen LogP contribution in [0.2, 0.25) is 0 Å². The van der Waals surface area contributed by atoms with Crippen LogP contribution in [0, 0.1) is 18.3 Å². The summed E-state index contributed by atoms with van der Waals surface area (Å²) >= 11 is 3.55. The molecule has 3 rings (SSSR count). The maximum Gasteiger partial charge on any atom is 0.266 e. The van der Waals surface area contributed by atoms with Crippen molar-refractivity contribution < 1.29 is 9.47 Å². The van der Waals surface area contributed by atoms with E-state index in [9.17, 15) is 10.1 Å². The fourth-order valence-electron chi connectivity index (χ4n) is 2.88. The third-order valence-corrected chi connectivity index (χ3v) is 4.72. The molecule has 0 fully saturated rings. The molecule has 2 aromatic carbocycles. The average molecular weight is 439 g/mol. The highest BCUT2D eigenvalue weighted by Crippen LogP contribution is 2.40. The smallest absolute Gasteiger partial charge is 0.266 e. The average Bonchev–Trinajstić information content (AvgIpc) is 2.67. The van der Waals surface area contributed by atoms with Crippen molar-refractivity contribution in [1.29, 1.82) is 5.26 Å². The SMILES string of the molecule is CCOc1cc(-c2cc(C)[nH]c(=O)c2C#N)cc(Br)c1OCc1ccccc1. The van der Waals surface area contributed by atoms with Crippen LogP contribution in [0.3, 0.4) is 0 Å². The second-order valence-corrected chi connectivity index (χ2v) is 7.03. The van der Waals surface area contributed by atoms with Crippen molar-refractivity contribution in [1.82, 2.24) is 4.98 Å². The summed E-state index contributed by atoms with van der Waals surface area (Å²) in [6, 6.07) is 17.2. The van der Waals surface area contributed by atoms with Crippen molar-refractivity contribution in [2.24, 2.45) is 0 Å². The van der Waals surface area contributed by atoms with Crippen molar-refractivity contribution in [2.75, 3.05) is 6.61 Å². The second-order valence-electron chi connectivity index (χ2n) is 6.17. The first-order valence-electron chi connectivity index (χ1n) is 8.81. The van der Waals surface area contributed by atoms with Crippen molar-refractivity contribution >= 4 is 15.9 Å². The number of pyridine rings is 1. The molecule has 3 aromatic rings. The molecule has 0 aliphatic carbocycles. The van der Waals surface area contributed by atoms with Gasteiger partial charge in [-0.15, -0.1) is 0 Å². The number of hydrogen-bond acceptors (Lipinski definition) is 4. The number of ether oxygens (including phenoxy) is 2. The quantitative estimate of drug-likeness (QED) is 0.589. The molecule has 0 atom stereocenters. The number of H-pyrrole nitrogens is 1. The Labute approximate surface area is 171 Å². The van der Waals surface area contributed by atoms with Gasteiger partial charge in [0.25, 0.3) is 5.56 Å². The molecule has 28 heavy (non-hydrogen) atoms. The molecule has 0 spiro atoms. The number of benzene rings is 2. The van der Waals surface area contributed by atoms with Gasteiger partial charge < -0.3 is 14.5 Å². The van der Waals surface area contributed by atoms with Gasteiger partial charge in [-0.3, -0.25) is 4.79 Å². The molecule has 142 valence electrons. The summed E-state index contributed by atoms with van der Waals surface area (Å²) in [6.07, 6.45) is 0. The molecule has 6 heteroatoms. The Morgan fingerprint density at radius 2 is 1.89 bits per heavy atom. The Bertz CT molecular complexity index is 1090. The third kappa shape index (κ3) is 4.26. The van der Waals surface area contributed by atoms with E-state index in [0.717, 1.165) is 5.56 Å². The summed E-state index contributed by atoms with van der Waals surface area (Å²) in [5.41, 5.74) is 2.64. The van der Waals surface area contributed by atoms with Gasteiger partial charge in [-0.25, -0.2) is 0 Å². The molecule has 0 unspecified atom stereocenters. The van der Waals surface area contributed by atoms with E-state index in [1.54, 1.807) is 19.1 Å². The lowest BCUT2D eigenvalue weighted by molar-refractivity contribution is 0.268. The Morgan fingerprint density at radius 1 is 1.14 bits per heavy atom. The van der Waals surface area contributed by atoms with Gasteiger partial charge in [0.1, 0.15) is 18.2 Å². The Balaban J connectivity index is 2.05. The van der Waals surface area contributed by atoms with Crippen LogP contribution >= 0.6 is 15.9 Å². The monoisotopic (exact) mass is 438 g/mol. The van der Waals surface area contributed by atoms with Gasteiger partial charge in [0, 0.05) is 11.3 Å². The fourth-order valence-corrected chi connectivity index (χ4v) is 3.44. The maximum atomic E-state index is 12.1. The highest BCUT2D eigenvalue weighted by molar-refractivity contribution is 9.10. The fraction of sp³-hybridized carbons (Fsp3) is 0.182. The summed E-state index contributed by atoms with van der Waals surface area (Å²) in [5, 5.41) is 9.42. The standard InChI is InChI=1S/C22H19BrN2O3/c1-3-27-20-11-16(17-9-14(2)25-22(26)18(17)12-24)10-19(23)21(20)28-13-15-7-5-4-6-8-15/h4-11H,3,13H2,1-2H3,(H,25,26). The minimum Gasteiger partial charge on any atom is -0.490 e. The van der Waals surface area contributed by atoms with E-state index in [1.807, 2.05) is 49.4 Å². The molecule has 0 radical (unpaired) electrons. The predicted molar refractivity (Wildman–Crippen MR) is 112 cm³/mol. The summed E-state index contributed by atoms with van der Waals surface area (Å²) in [4.78, 5) is 14.8. The highest BCUT2D eigenvalue weighted by atomic mass is 79.9. The summed E-state index contributed by atoms with van der Waals surface area (Å²) in [5.74, 6) is 1.12. The van der Waals surface area contributed by atoms with Gasteiger partial charge in [0.2, 0.25) is 0 Å². The lowest BCUT2D eigenvalue weighted by Crippen LogP contribution is -2.12. The van der Waals surface area contributed by atoms with Crippen LogP contribution in [0.25, 0.3) is 11.1 Å². The van der Waals surface area contributed by atoms with E-state index in [1.165, 1.54) is 0 Å². The molecule has 1 heterocycles. The second kappa shape index (κ2) is 8.77. The minimum absolute atomic E-state index is 0.0675. The van der Waals surface area contributed by atoms with Gasteiger partial charge in [-0.05, 0) is 59.1 Å². The van der Waals surface area contributed by atoms with E-state index in [2.05, 4.69) is 20.9 Å². The Hall–Kier alpha value is -3.04. The van der Waals surface area contributed by atoms with E-state index < -0.39 is 5.56 Å². The molecule has 0 saturated heterocycles. The van der Waals surface area contributed by atoms with Crippen LogP contribution in [0.4, 0.5) is 0 Å². The van der Waals surface area contributed by atoms with Gasteiger partial charge in [0.05, 0.1) is 11.1 Å². The van der Waals surface area contributed by atoms with Crippen LogP contribution in [-0.2, 0) is 6.61 Å². The van der Waals surface area contributed by atoms with Crippen LogP contribution in [0.15, 0.2) is 57.8 Å². The highest BCUT2D eigenvalue weighted by Gasteiger charge is 2.17. The molecule has 0 bridgehead atoms. The zero-order chi connectivity index (χ0) is 20.1. The zero-order valence-electron chi connectivity index (χ0n) is 15.6. The Kier molecular flexibility index (Phi) is 6.17. The van der Waals surface area contributed by atoms with Crippen LogP contribution < -0.4 is 15.0 Å². The number of nitriles is 1. The molecule has 0 amide bonds. The normalized spacial score (nSPS) is 10.4. The molecule has 5 nitrogen and oxygen atoms in total. The number of hydrogen-bond donors (Lipinski definition) is 1. The number of nitrogens with zero attached hydrogens (tertiary/aromatic N) is 1. The first-order valence-corrected chi connectivity index (χ1v) is 9.60. The van der Waals surface area contributed by atoms with Gasteiger partial charge >= 0.3 is 0 Å². The number of halogens is 1. The molecule has 0 saturated carbocycles. The molecule has 0 aliphatic heterocycles. The van der Waals surface area contributed by atoms with Crippen molar-refractivity contribution in [3.8, 4) is 28.7 Å². The molecular weight excluding hydrogens is 420 g/mol. The van der Waals surface area contributed by atoms with Crippen LogP contribution in [-0.4, -0.2) is 11.6 Å². The third-order valence-electron chi connectivity index (χ3n) is 4.13. The van der Waals surface area contributed by atoms with E-state index >= 15 is 0 Å². The van der Waals surface area contributed by atoms with Gasteiger partial charge in [-0.2, -0.15) is 5.26 Å².